The molecule has 2 heterocycles. The lowest BCUT2D eigenvalue weighted by Crippen LogP contribution is -2.32. The average molecular weight is 1260 g/mol. The zero-order valence-electron chi connectivity index (χ0n) is 52.2. The maximum absolute atomic E-state index is 12.7. The van der Waals surface area contributed by atoms with Crippen LogP contribution in [0.4, 0.5) is 24.0 Å². The van der Waals surface area contributed by atoms with Gasteiger partial charge in [-0.05, 0) is 85.4 Å². The Morgan fingerprint density at radius 2 is 0.849 bits per heavy atom. The van der Waals surface area contributed by atoms with Gasteiger partial charge in [-0.3, -0.25) is 9.36 Å². The summed E-state index contributed by atoms with van der Waals surface area (Å²) in [5, 5.41) is 29.5. The first kappa shape index (κ1) is 66.8. The molecule has 2 aromatic heterocycles. The quantitative estimate of drug-likeness (QED) is 0.0583. The number of imidazole rings is 1. The van der Waals surface area contributed by atoms with E-state index in [1.54, 1.807) is 52.5 Å². The number of ether oxygens (including phenoxy) is 5. The molecule has 0 bridgehead atoms. The van der Waals surface area contributed by atoms with Gasteiger partial charge in [-0.2, -0.15) is 0 Å². The van der Waals surface area contributed by atoms with Crippen molar-refractivity contribution in [2.75, 3.05) is 101 Å². The number of nitrogens with one attached hydrogen (secondary N) is 1. The number of rotatable bonds is 18. The molecule has 0 saturated heterocycles. The van der Waals surface area contributed by atoms with E-state index in [9.17, 15) is 28.8 Å². The number of carboxylic acids is 1. The fourth-order valence-electron chi connectivity index (χ4n) is 11.4. The summed E-state index contributed by atoms with van der Waals surface area (Å²) in [6, 6.07) is 56.1. The van der Waals surface area contributed by atoms with Crippen LogP contribution in [0.2, 0.25) is 0 Å². The van der Waals surface area contributed by atoms with Gasteiger partial charge in [0.2, 0.25) is 0 Å². The molecule has 12 rings (SSSR count). The molecule has 0 unspecified atom stereocenters. The first-order chi connectivity index (χ1) is 45.2. The van der Waals surface area contributed by atoms with Gasteiger partial charge in [-0.15, -0.1) is 0 Å². The number of amides is 3. The van der Waals surface area contributed by atoms with Gasteiger partial charge in [-0.1, -0.05) is 164 Å². The molecule has 0 spiro atoms. The summed E-state index contributed by atoms with van der Waals surface area (Å²) >= 11 is 0. The molecule has 482 valence electrons. The first-order valence-corrected chi connectivity index (χ1v) is 30.4. The van der Waals surface area contributed by atoms with Crippen molar-refractivity contribution in [1.82, 2.24) is 34.1 Å². The largest absolute Gasteiger partial charge is 0.481 e. The van der Waals surface area contributed by atoms with Crippen LogP contribution in [0.15, 0.2) is 195 Å². The Morgan fingerprint density at radius 1 is 0.484 bits per heavy atom. The van der Waals surface area contributed by atoms with Gasteiger partial charge >= 0.3 is 36.4 Å². The number of fused-ring (bicyclic) bond motifs is 10. The Morgan fingerprint density at radius 3 is 1.19 bits per heavy atom. The third-order valence-corrected chi connectivity index (χ3v) is 16.1. The maximum atomic E-state index is 12.7. The topological polar surface area (TPSA) is 254 Å². The van der Waals surface area contributed by atoms with Crippen molar-refractivity contribution in [3.05, 3.63) is 234 Å². The van der Waals surface area contributed by atoms with Crippen LogP contribution in [0.5, 0.6) is 0 Å². The fraction of sp³-hybridized carbons (Fsp3) is 0.264. The number of hydrogen-bond acceptors (Lipinski definition) is 15. The number of aliphatic hydroxyl groups excluding tert-OH is 2. The van der Waals surface area contributed by atoms with E-state index in [1.807, 2.05) is 72.8 Å². The van der Waals surface area contributed by atoms with Crippen molar-refractivity contribution in [2.45, 2.75) is 24.2 Å². The van der Waals surface area contributed by atoms with E-state index < -0.39 is 36.4 Å². The number of aromatic nitrogens is 3. The Kier molecular flexibility index (Phi) is 23.3. The van der Waals surface area contributed by atoms with Crippen molar-refractivity contribution in [1.29, 1.82) is 0 Å². The van der Waals surface area contributed by atoms with Crippen molar-refractivity contribution in [3.63, 3.8) is 0 Å². The molecular formula is C72H75N7O14. The normalized spacial score (nSPS) is 12.1. The summed E-state index contributed by atoms with van der Waals surface area (Å²) in [6.07, 6.45) is 3.08. The van der Waals surface area contributed by atoms with Crippen molar-refractivity contribution < 1.29 is 67.8 Å². The number of aliphatic hydroxyl groups is 2. The monoisotopic (exact) mass is 1260 g/mol. The summed E-state index contributed by atoms with van der Waals surface area (Å²) in [4.78, 5) is 80.5. The third-order valence-electron chi connectivity index (χ3n) is 16.1. The molecule has 93 heavy (non-hydrogen) atoms. The van der Waals surface area contributed by atoms with Crippen LogP contribution in [0, 0.1) is 0 Å². The third kappa shape index (κ3) is 16.3. The minimum absolute atomic E-state index is 0.0128. The number of carboxylic acid groups (broad SMARTS) is 1. The number of para-hydroxylation sites is 1. The van der Waals surface area contributed by atoms with Gasteiger partial charge in [-0.25, -0.2) is 33.5 Å². The average Bonchev–Trinajstić information content (AvgIpc) is 1.67. The van der Waals surface area contributed by atoms with Crippen LogP contribution in [-0.2, 0) is 34.9 Å². The molecule has 3 aliphatic carbocycles. The molecule has 0 fully saturated rings. The van der Waals surface area contributed by atoms with Crippen LogP contribution in [0.3, 0.4) is 0 Å². The molecule has 3 amide bonds. The Labute approximate surface area is 538 Å². The second-order valence-electron chi connectivity index (χ2n) is 22.0. The minimum atomic E-state index is -0.985. The number of carbonyl (C=O) groups excluding carboxylic acids is 5. The molecule has 7 aromatic carbocycles. The van der Waals surface area contributed by atoms with Gasteiger partial charge < -0.3 is 59.0 Å². The van der Waals surface area contributed by atoms with Gasteiger partial charge in [0.1, 0.15) is 39.4 Å². The zero-order valence-corrected chi connectivity index (χ0v) is 52.2. The van der Waals surface area contributed by atoms with Crippen molar-refractivity contribution in [2.24, 2.45) is 0 Å². The van der Waals surface area contributed by atoms with E-state index in [0.29, 0.717) is 29.6 Å². The number of hydrogen-bond donors (Lipinski definition) is 4. The molecule has 9 aromatic rings. The highest BCUT2D eigenvalue weighted by molar-refractivity contribution is 5.94. The fourth-order valence-corrected chi connectivity index (χ4v) is 11.4. The summed E-state index contributed by atoms with van der Waals surface area (Å²) in [6.45, 7) is 2.31. The molecule has 0 atom stereocenters. The molecular weight excluding hydrogens is 1190 g/mol. The molecule has 0 aliphatic heterocycles. The lowest BCUT2D eigenvalue weighted by atomic mass is 9.98. The number of aliphatic carboxylic acids is 1. The molecule has 0 saturated carbocycles. The summed E-state index contributed by atoms with van der Waals surface area (Å²) in [7, 11) is 6.62. The molecule has 0 radical (unpaired) electrons. The van der Waals surface area contributed by atoms with Gasteiger partial charge in [0.15, 0.2) is 0 Å². The molecule has 21 nitrogen and oxygen atoms in total. The van der Waals surface area contributed by atoms with Crippen LogP contribution in [-0.4, -0.2) is 181 Å². The maximum Gasteiger partial charge on any atom is 0.419 e. The van der Waals surface area contributed by atoms with E-state index in [0.717, 1.165) is 22.3 Å². The van der Waals surface area contributed by atoms with Crippen molar-refractivity contribution >= 4 is 47.3 Å². The summed E-state index contributed by atoms with van der Waals surface area (Å²) in [5.41, 5.74) is 15.2. The van der Waals surface area contributed by atoms with Crippen molar-refractivity contribution in [3.8, 4) is 33.4 Å². The molecule has 3 aliphatic rings. The highest BCUT2D eigenvalue weighted by Crippen LogP contribution is 2.47. The SMILES string of the molecule is CN(CCO)C(=O)OCC1c2ccccc2-c2ccccc21.CN(CCOC(=O)n1cc(CC(=O)O)c2ccccc21)C(=O)OCC1c2ccccc2-c2ccccc21.CN(CCOC(=O)n1ccnc1)C(=O)OCC1c2ccccc2-c2ccccc21.CNCCO. The number of likely N-dealkylation sites (N-methyl/N-ethyl adjacent to an activating group) is 4. The Hall–Kier alpha value is -10.6. The second-order valence-corrected chi connectivity index (χ2v) is 22.0. The predicted octanol–water partition coefficient (Wildman–Crippen LogP) is 10.9. The van der Waals surface area contributed by atoms with Gasteiger partial charge in [0.05, 0.1) is 38.2 Å². The predicted molar refractivity (Wildman–Crippen MR) is 350 cm³/mol. The van der Waals surface area contributed by atoms with Crippen LogP contribution in [0.1, 0.15) is 56.7 Å². The lowest BCUT2D eigenvalue weighted by Gasteiger charge is -2.19. The molecule has 4 N–H and O–H groups in total. The smallest absolute Gasteiger partial charge is 0.419 e. The lowest BCUT2D eigenvalue weighted by molar-refractivity contribution is -0.136. The van der Waals surface area contributed by atoms with E-state index in [1.165, 1.54) is 93.3 Å². The van der Waals surface area contributed by atoms with Crippen LogP contribution >= 0.6 is 0 Å². The minimum Gasteiger partial charge on any atom is -0.481 e. The van der Waals surface area contributed by atoms with E-state index in [2.05, 4.69) is 83.1 Å². The summed E-state index contributed by atoms with van der Waals surface area (Å²) < 4.78 is 29.6. The highest BCUT2D eigenvalue weighted by atomic mass is 16.6. The van der Waals surface area contributed by atoms with Crippen LogP contribution < -0.4 is 5.32 Å². The zero-order chi connectivity index (χ0) is 65.8. The Balaban J connectivity index is 0.000000163. The van der Waals surface area contributed by atoms with E-state index in [4.69, 9.17) is 39.0 Å². The highest BCUT2D eigenvalue weighted by Gasteiger charge is 2.32. The second kappa shape index (κ2) is 32.4. The first-order valence-electron chi connectivity index (χ1n) is 30.4. The molecule has 21 heteroatoms. The standard InChI is InChI=1S/C29H26N2O6.C22H21N3O4.C18H19NO3.C3H9NO/c1-30(14-15-36-29(35)31-17-19(16-27(32)33)20-8-6-7-13-26(20)31)28(34)37-18-25-23-11-4-2-9-21(23)22-10-3-5-12-24(22)25;1-24(12-13-28-22(27)25-11-10-23-15-25)21(26)29-14-20-18-8-4-2-6-16(18)17-7-3-5-9-19(17)20;1-19(10-11-20)18(21)22-12-17-15-8-4-2-6-13(15)14-7-3-5-9-16(14)17;1-4-2-3-5/h2-13,17,25H,14-16,18H2,1H3,(H,32,33);2-11,15,20H,12-14H2,1H3;2-9,17,20H,10-12H2,1H3;4-5H,2-3H2,1H3. The number of benzene rings is 7. The summed E-state index contributed by atoms with van der Waals surface area (Å²) in [5.74, 6) is -0.941. The number of nitrogens with zero attached hydrogens (tertiary/aromatic N) is 6. The van der Waals surface area contributed by atoms with Gasteiger partial charge in [0, 0.05) is 76.0 Å². The van der Waals surface area contributed by atoms with E-state index >= 15 is 0 Å². The Bertz CT molecular complexity index is 3900. The number of carbonyl (C=O) groups is 6. The van der Waals surface area contributed by atoms with E-state index in [-0.39, 0.29) is 83.5 Å². The van der Waals surface area contributed by atoms with Gasteiger partial charge in [0.25, 0.3) is 0 Å². The van der Waals surface area contributed by atoms with Crippen LogP contribution in [0.25, 0.3) is 44.3 Å².